The normalized spacial score (nSPS) is 12.2. The number of aromatic carboxylic acids is 1. The lowest BCUT2D eigenvalue weighted by molar-refractivity contribution is 0.0698. The van der Waals surface area contributed by atoms with Crippen molar-refractivity contribution in [3.63, 3.8) is 0 Å². The van der Waals surface area contributed by atoms with E-state index in [2.05, 4.69) is 0 Å². The summed E-state index contributed by atoms with van der Waals surface area (Å²) >= 11 is 0. The fourth-order valence-corrected chi connectivity index (χ4v) is 1.57. The Bertz CT molecular complexity index is 391. The summed E-state index contributed by atoms with van der Waals surface area (Å²) in [7, 11) is 1.75. The fourth-order valence-electron chi connectivity index (χ4n) is 1.57. The molecule has 0 aliphatic carbocycles. The van der Waals surface area contributed by atoms with Crippen molar-refractivity contribution in [3.8, 4) is 0 Å². The van der Waals surface area contributed by atoms with Crippen LogP contribution in [0.25, 0.3) is 0 Å². The molecule has 1 aromatic carbocycles. The molecular weight excluding hydrogens is 208 g/mol. The number of anilines is 2. The monoisotopic (exact) mass is 224 g/mol. The van der Waals surface area contributed by atoms with Crippen molar-refractivity contribution < 1.29 is 15.0 Å². The molecule has 0 fully saturated rings. The van der Waals surface area contributed by atoms with Gasteiger partial charge in [-0.05, 0) is 19.1 Å². The van der Waals surface area contributed by atoms with Gasteiger partial charge in [0.05, 0.1) is 23.0 Å². The molecule has 0 saturated carbocycles. The molecule has 0 heterocycles. The van der Waals surface area contributed by atoms with Crippen LogP contribution < -0.4 is 10.6 Å². The van der Waals surface area contributed by atoms with Crippen molar-refractivity contribution in [1.29, 1.82) is 0 Å². The summed E-state index contributed by atoms with van der Waals surface area (Å²) in [5.41, 5.74) is 6.67. The molecule has 1 atom stereocenters. The molecule has 1 aromatic rings. The quantitative estimate of drug-likeness (QED) is 0.658. The predicted octanol–water partition coefficient (Wildman–Crippen LogP) is 0.784. The molecule has 0 radical (unpaired) electrons. The maximum atomic E-state index is 10.9. The molecule has 5 heteroatoms. The molecule has 0 amide bonds. The third-order valence-electron chi connectivity index (χ3n) is 2.26. The van der Waals surface area contributed by atoms with Crippen LogP contribution in [-0.4, -0.2) is 35.9 Å². The highest BCUT2D eigenvalue weighted by atomic mass is 16.4. The number of nitrogens with zero attached hydrogens (tertiary/aromatic N) is 1. The Hall–Kier alpha value is -1.75. The minimum Gasteiger partial charge on any atom is -0.478 e. The SMILES string of the molecule is CC(O)CN(C)c1cccc(C(=O)O)c1N. The van der Waals surface area contributed by atoms with E-state index in [0.29, 0.717) is 12.2 Å². The molecule has 0 spiro atoms. The molecule has 4 N–H and O–H groups in total. The topological polar surface area (TPSA) is 86.8 Å². The molecule has 0 aliphatic heterocycles. The van der Waals surface area contributed by atoms with E-state index < -0.39 is 12.1 Å². The molecule has 0 aromatic heterocycles. The van der Waals surface area contributed by atoms with Crippen LogP contribution in [0, 0.1) is 0 Å². The van der Waals surface area contributed by atoms with E-state index in [1.54, 1.807) is 31.0 Å². The summed E-state index contributed by atoms with van der Waals surface area (Å²) in [5, 5.41) is 18.2. The zero-order valence-electron chi connectivity index (χ0n) is 9.34. The van der Waals surface area contributed by atoms with Crippen molar-refractivity contribution >= 4 is 17.3 Å². The molecule has 16 heavy (non-hydrogen) atoms. The van der Waals surface area contributed by atoms with Gasteiger partial charge in [0.15, 0.2) is 0 Å². The van der Waals surface area contributed by atoms with E-state index in [4.69, 9.17) is 10.8 Å². The van der Waals surface area contributed by atoms with Crippen LogP contribution in [0.1, 0.15) is 17.3 Å². The van der Waals surface area contributed by atoms with Gasteiger partial charge < -0.3 is 20.8 Å². The van der Waals surface area contributed by atoms with Gasteiger partial charge in [-0.25, -0.2) is 4.79 Å². The second-order valence-electron chi connectivity index (χ2n) is 3.77. The maximum Gasteiger partial charge on any atom is 0.337 e. The van der Waals surface area contributed by atoms with Gasteiger partial charge >= 0.3 is 5.97 Å². The number of para-hydroxylation sites is 1. The van der Waals surface area contributed by atoms with E-state index in [1.807, 2.05) is 0 Å². The maximum absolute atomic E-state index is 10.9. The zero-order chi connectivity index (χ0) is 12.3. The predicted molar refractivity (Wildman–Crippen MR) is 62.8 cm³/mol. The number of benzene rings is 1. The zero-order valence-corrected chi connectivity index (χ0v) is 9.34. The number of rotatable bonds is 4. The van der Waals surface area contributed by atoms with Gasteiger partial charge in [-0.1, -0.05) is 6.07 Å². The number of likely N-dealkylation sites (N-methyl/N-ethyl adjacent to an activating group) is 1. The Morgan fingerprint density at radius 3 is 2.69 bits per heavy atom. The average Bonchev–Trinajstić information content (AvgIpc) is 2.16. The van der Waals surface area contributed by atoms with Crippen molar-refractivity contribution in [1.82, 2.24) is 0 Å². The Balaban J connectivity index is 3.05. The van der Waals surface area contributed by atoms with Crippen LogP contribution in [0.3, 0.4) is 0 Å². The number of nitrogen functional groups attached to an aromatic ring is 1. The lowest BCUT2D eigenvalue weighted by Crippen LogP contribution is -2.27. The molecule has 0 aliphatic rings. The Morgan fingerprint density at radius 2 is 2.19 bits per heavy atom. The minimum atomic E-state index is -1.05. The van der Waals surface area contributed by atoms with E-state index in [9.17, 15) is 9.90 Å². The van der Waals surface area contributed by atoms with E-state index >= 15 is 0 Å². The van der Waals surface area contributed by atoms with Gasteiger partial charge in [-0.15, -0.1) is 0 Å². The number of carbonyl (C=O) groups is 1. The van der Waals surface area contributed by atoms with Crippen molar-refractivity contribution in [2.45, 2.75) is 13.0 Å². The van der Waals surface area contributed by atoms with Crippen molar-refractivity contribution in [2.75, 3.05) is 24.2 Å². The largest absolute Gasteiger partial charge is 0.478 e. The van der Waals surface area contributed by atoms with Gasteiger partial charge in [0.1, 0.15) is 0 Å². The first kappa shape index (κ1) is 12.3. The first-order valence-electron chi connectivity index (χ1n) is 4.94. The lowest BCUT2D eigenvalue weighted by atomic mass is 10.1. The number of hydrogen-bond donors (Lipinski definition) is 3. The van der Waals surface area contributed by atoms with Gasteiger partial charge in [-0.2, -0.15) is 0 Å². The molecule has 1 rings (SSSR count). The van der Waals surface area contributed by atoms with Crippen molar-refractivity contribution in [3.05, 3.63) is 23.8 Å². The highest BCUT2D eigenvalue weighted by molar-refractivity contribution is 5.97. The van der Waals surface area contributed by atoms with E-state index in [0.717, 1.165) is 0 Å². The van der Waals surface area contributed by atoms with Gasteiger partial charge in [0.25, 0.3) is 0 Å². The Morgan fingerprint density at radius 1 is 1.56 bits per heavy atom. The van der Waals surface area contributed by atoms with Crippen molar-refractivity contribution in [2.24, 2.45) is 0 Å². The summed E-state index contributed by atoms with van der Waals surface area (Å²) in [5.74, 6) is -1.05. The van der Waals surface area contributed by atoms with Crippen LogP contribution in [0.4, 0.5) is 11.4 Å². The number of aliphatic hydroxyl groups is 1. The second-order valence-corrected chi connectivity index (χ2v) is 3.77. The van der Waals surface area contributed by atoms with Gasteiger partial charge in [0.2, 0.25) is 0 Å². The summed E-state index contributed by atoms with van der Waals surface area (Å²) in [6.07, 6.45) is -0.502. The fraction of sp³-hybridized carbons (Fsp3) is 0.364. The average molecular weight is 224 g/mol. The highest BCUT2D eigenvalue weighted by Gasteiger charge is 2.14. The Kier molecular flexibility index (Phi) is 3.73. The molecule has 0 bridgehead atoms. The summed E-state index contributed by atoms with van der Waals surface area (Å²) in [6, 6.07) is 4.81. The number of nitrogens with two attached hydrogens (primary N) is 1. The number of carboxylic acid groups (broad SMARTS) is 1. The Labute approximate surface area is 94.1 Å². The van der Waals surface area contributed by atoms with E-state index in [-0.39, 0.29) is 11.3 Å². The first-order chi connectivity index (χ1) is 7.43. The molecule has 5 nitrogen and oxygen atoms in total. The standard InChI is InChI=1S/C11H16N2O3/c1-7(14)6-13(2)9-5-3-4-8(10(9)12)11(15)16/h3-5,7,14H,6,12H2,1-2H3,(H,15,16). The van der Waals surface area contributed by atoms with Crippen LogP contribution in [0.2, 0.25) is 0 Å². The smallest absolute Gasteiger partial charge is 0.337 e. The number of hydrogen-bond acceptors (Lipinski definition) is 4. The number of carboxylic acids is 1. The third-order valence-corrected chi connectivity index (χ3v) is 2.26. The summed E-state index contributed by atoms with van der Waals surface area (Å²) in [6.45, 7) is 2.06. The molecule has 1 unspecified atom stereocenters. The minimum absolute atomic E-state index is 0.0787. The van der Waals surface area contributed by atoms with E-state index in [1.165, 1.54) is 6.07 Å². The first-order valence-corrected chi connectivity index (χ1v) is 4.94. The van der Waals surface area contributed by atoms with Crippen LogP contribution >= 0.6 is 0 Å². The van der Waals surface area contributed by atoms with Crippen LogP contribution in [0.15, 0.2) is 18.2 Å². The molecule has 0 saturated heterocycles. The highest BCUT2D eigenvalue weighted by Crippen LogP contribution is 2.25. The van der Waals surface area contributed by atoms with Gasteiger partial charge in [-0.3, -0.25) is 0 Å². The van der Waals surface area contributed by atoms with Crippen LogP contribution in [-0.2, 0) is 0 Å². The molecular formula is C11H16N2O3. The summed E-state index contributed by atoms with van der Waals surface area (Å²) in [4.78, 5) is 12.6. The number of aliphatic hydroxyl groups excluding tert-OH is 1. The second kappa shape index (κ2) is 4.85. The summed E-state index contributed by atoms with van der Waals surface area (Å²) < 4.78 is 0. The van der Waals surface area contributed by atoms with Crippen LogP contribution in [0.5, 0.6) is 0 Å². The van der Waals surface area contributed by atoms with Gasteiger partial charge in [0, 0.05) is 13.6 Å². The lowest BCUT2D eigenvalue weighted by Gasteiger charge is -2.23. The third kappa shape index (κ3) is 2.64. The molecule has 88 valence electrons.